The SMILES string of the molecule is CC(C)C[C@H](C(=O)Nc1cccc(Cn2cccn2)c1)N1C(=O)c2ccccc2C1=O. The lowest BCUT2D eigenvalue weighted by Gasteiger charge is -2.26. The highest BCUT2D eigenvalue weighted by atomic mass is 16.2. The molecule has 3 aromatic rings. The molecule has 1 N–H and O–H groups in total. The third kappa shape index (κ3) is 4.26. The lowest BCUT2D eigenvalue weighted by molar-refractivity contribution is -0.120. The molecule has 0 bridgehead atoms. The van der Waals surface area contributed by atoms with Crippen LogP contribution < -0.4 is 5.32 Å². The second-order valence-corrected chi connectivity index (χ2v) is 8.06. The van der Waals surface area contributed by atoms with Gasteiger partial charge in [0, 0.05) is 18.1 Å². The minimum absolute atomic E-state index is 0.117. The quantitative estimate of drug-likeness (QED) is 0.597. The number of carbonyl (C=O) groups is 3. The third-order valence-electron chi connectivity index (χ3n) is 5.23. The van der Waals surface area contributed by atoms with Crippen LogP contribution in [0.5, 0.6) is 0 Å². The molecule has 1 atom stereocenters. The van der Waals surface area contributed by atoms with Gasteiger partial charge in [0.05, 0.1) is 17.7 Å². The fourth-order valence-electron chi connectivity index (χ4n) is 3.82. The van der Waals surface area contributed by atoms with Crippen molar-refractivity contribution in [3.8, 4) is 0 Å². The molecule has 7 nitrogen and oxygen atoms in total. The Balaban J connectivity index is 1.56. The van der Waals surface area contributed by atoms with Crippen molar-refractivity contribution >= 4 is 23.4 Å². The van der Waals surface area contributed by atoms with Gasteiger partial charge in [-0.3, -0.25) is 24.0 Å². The topological polar surface area (TPSA) is 84.3 Å². The molecule has 4 rings (SSSR count). The highest BCUT2D eigenvalue weighted by Gasteiger charge is 2.42. The van der Waals surface area contributed by atoms with Crippen LogP contribution in [-0.2, 0) is 11.3 Å². The summed E-state index contributed by atoms with van der Waals surface area (Å²) in [4.78, 5) is 40.2. The molecule has 2 heterocycles. The van der Waals surface area contributed by atoms with E-state index in [1.165, 1.54) is 0 Å². The van der Waals surface area contributed by atoms with Crippen molar-refractivity contribution in [1.82, 2.24) is 14.7 Å². The van der Waals surface area contributed by atoms with Crippen LogP contribution in [0.3, 0.4) is 0 Å². The van der Waals surface area contributed by atoms with E-state index in [0.29, 0.717) is 29.8 Å². The molecule has 0 radical (unpaired) electrons. The van der Waals surface area contributed by atoms with Crippen molar-refractivity contribution in [2.45, 2.75) is 32.9 Å². The van der Waals surface area contributed by atoms with E-state index in [4.69, 9.17) is 0 Å². The first-order valence-corrected chi connectivity index (χ1v) is 10.3. The second kappa shape index (κ2) is 8.55. The van der Waals surface area contributed by atoms with Gasteiger partial charge in [0.2, 0.25) is 5.91 Å². The van der Waals surface area contributed by atoms with E-state index in [1.807, 2.05) is 44.3 Å². The van der Waals surface area contributed by atoms with E-state index < -0.39 is 17.9 Å². The summed E-state index contributed by atoms with van der Waals surface area (Å²) in [6.07, 6.45) is 3.96. The molecule has 1 aliphatic heterocycles. The van der Waals surface area contributed by atoms with Crippen LogP contribution >= 0.6 is 0 Å². The van der Waals surface area contributed by atoms with Crippen LogP contribution in [0.1, 0.15) is 46.5 Å². The minimum Gasteiger partial charge on any atom is -0.324 e. The molecule has 0 unspecified atom stereocenters. The largest absolute Gasteiger partial charge is 0.324 e. The summed E-state index contributed by atoms with van der Waals surface area (Å²) in [6, 6.07) is 15.1. The zero-order chi connectivity index (χ0) is 22.0. The molecule has 0 aliphatic carbocycles. The molecule has 0 fully saturated rings. The number of carbonyl (C=O) groups excluding carboxylic acids is 3. The van der Waals surface area contributed by atoms with Gasteiger partial charge in [-0.05, 0) is 48.2 Å². The highest BCUT2D eigenvalue weighted by molar-refractivity contribution is 6.23. The molecular formula is C24H24N4O3. The molecule has 158 valence electrons. The Morgan fingerprint density at radius 3 is 2.32 bits per heavy atom. The molecule has 31 heavy (non-hydrogen) atoms. The lowest BCUT2D eigenvalue weighted by Crippen LogP contribution is -2.47. The van der Waals surface area contributed by atoms with Gasteiger partial charge in [-0.25, -0.2) is 0 Å². The van der Waals surface area contributed by atoms with Crippen molar-refractivity contribution in [2.24, 2.45) is 5.92 Å². The van der Waals surface area contributed by atoms with Gasteiger partial charge >= 0.3 is 0 Å². The number of fused-ring (bicyclic) bond motifs is 1. The van der Waals surface area contributed by atoms with E-state index in [-0.39, 0.29) is 11.8 Å². The van der Waals surface area contributed by atoms with E-state index in [1.54, 1.807) is 41.2 Å². The van der Waals surface area contributed by atoms with Gasteiger partial charge in [0.15, 0.2) is 0 Å². The minimum atomic E-state index is -0.887. The zero-order valence-corrected chi connectivity index (χ0v) is 17.5. The van der Waals surface area contributed by atoms with Crippen LogP contribution in [0.2, 0.25) is 0 Å². The van der Waals surface area contributed by atoms with Gasteiger partial charge in [-0.15, -0.1) is 0 Å². The molecule has 7 heteroatoms. The first kappa shape index (κ1) is 20.5. The number of amides is 3. The van der Waals surface area contributed by atoms with Crippen LogP contribution in [0.25, 0.3) is 0 Å². The number of hydrogen-bond acceptors (Lipinski definition) is 4. The molecule has 0 spiro atoms. The van der Waals surface area contributed by atoms with Crippen LogP contribution in [-0.4, -0.2) is 38.4 Å². The van der Waals surface area contributed by atoms with Crippen molar-refractivity contribution in [2.75, 3.05) is 5.32 Å². The maximum atomic E-state index is 13.2. The number of nitrogens with zero attached hydrogens (tertiary/aromatic N) is 3. The van der Waals surface area contributed by atoms with E-state index in [2.05, 4.69) is 10.4 Å². The average Bonchev–Trinajstić information content (AvgIpc) is 3.34. The summed E-state index contributed by atoms with van der Waals surface area (Å²) < 4.78 is 1.79. The molecule has 1 aliphatic rings. The molecule has 1 aromatic heterocycles. The predicted molar refractivity (Wildman–Crippen MR) is 117 cm³/mol. The van der Waals surface area contributed by atoms with E-state index in [9.17, 15) is 14.4 Å². The summed E-state index contributed by atoms with van der Waals surface area (Å²) in [5.41, 5.74) is 2.27. The monoisotopic (exact) mass is 416 g/mol. The number of rotatable bonds is 7. The number of hydrogen-bond donors (Lipinski definition) is 1. The Kier molecular flexibility index (Phi) is 5.66. The van der Waals surface area contributed by atoms with Gasteiger partial charge < -0.3 is 5.32 Å². The summed E-state index contributed by atoms with van der Waals surface area (Å²) in [7, 11) is 0. The fraction of sp³-hybridized carbons (Fsp3) is 0.250. The summed E-state index contributed by atoms with van der Waals surface area (Å²) in [5.74, 6) is -1.10. The number of imide groups is 1. The van der Waals surface area contributed by atoms with Crippen molar-refractivity contribution in [3.63, 3.8) is 0 Å². The van der Waals surface area contributed by atoms with Gasteiger partial charge in [0.1, 0.15) is 6.04 Å². The highest BCUT2D eigenvalue weighted by Crippen LogP contribution is 2.27. The zero-order valence-electron chi connectivity index (χ0n) is 17.5. The molecule has 0 saturated carbocycles. The normalized spacial score (nSPS) is 14.1. The van der Waals surface area contributed by atoms with Crippen molar-refractivity contribution in [1.29, 1.82) is 0 Å². The maximum absolute atomic E-state index is 13.2. The van der Waals surface area contributed by atoms with Gasteiger partial charge in [-0.2, -0.15) is 5.10 Å². The Labute approximate surface area is 180 Å². The van der Waals surface area contributed by atoms with Crippen LogP contribution in [0.4, 0.5) is 5.69 Å². The molecular weight excluding hydrogens is 392 g/mol. The maximum Gasteiger partial charge on any atom is 0.262 e. The summed E-state index contributed by atoms with van der Waals surface area (Å²) in [6.45, 7) is 4.50. The van der Waals surface area contributed by atoms with Crippen molar-refractivity contribution < 1.29 is 14.4 Å². The van der Waals surface area contributed by atoms with E-state index in [0.717, 1.165) is 10.5 Å². The first-order chi connectivity index (χ1) is 14.9. The summed E-state index contributed by atoms with van der Waals surface area (Å²) >= 11 is 0. The molecule has 2 aromatic carbocycles. The Hall–Kier alpha value is -3.74. The standard InChI is InChI=1S/C24H24N4O3/c1-16(2)13-21(28-23(30)19-9-3-4-10-20(19)24(28)31)22(29)26-18-8-5-7-17(14-18)15-27-12-6-11-25-27/h3-12,14,16,21H,13,15H2,1-2H3,(H,26,29)/t21-/m1/s1. The number of benzene rings is 2. The molecule has 0 saturated heterocycles. The number of anilines is 1. The predicted octanol–water partition coefficient (Wildman–Crippen LogP) is 3.58. The van der Waals surface area contributed by atoms with Gasteiger partial charge in [0.25, 0.3) is 11.8 Å². The average molecular weight is 416 g/mol. The number of nitrogens with one attached hydrogen (secondary N) is 1. The lowest BCUT2D eigenvalue weighted by atomic mass is 10.0. The van der Waals surface area contributed by atoms with Gasteiger partial charge in [-0.1, -0.05) is 38.1 Å². The summed E-state index contributed by atoms with van der Waals surface area (Å²) in [5, 5.41) is 7.10. The second-order valence-electron chi connectivity index (χ2n) is 8.06. The first-order valence-electron chi connectivity index (χ1n) is 10.3. The third-order valence-corrected chi connectivity index (χ3v) is 5.23. The number of aromatic nitrogens is 2. The van der Waals surface area contributed by atoms with Crippen LogP contribution in [0.15, 0.2) is 67.0 Å². The Morgan fingerprint density at radius 2 is 1.71 bits per heavy atom. The Bertz CT molecular complexity index is 1090. The molecule has 3 amide bonds. The van der Waals surface area contributed by atoms with E-state index >= 15 is 0 Å². The van der Waals surface area contributed by atoms with Crippen LogP contribution in [0, 0.1) is 5.92 Å². The van der Waals surface area contributed by atoms with Crippen molar-refractivity contribution in [3.05, 3.63) is 83.7 Å². The Morgan fingerprint density at radius 1 is 1.00 bits per heavy atom. The fourth-order valence-corrected chi connectivity index (χ4v) is 3.82. The smallest absolute Gasteiger partial charge is 0.262 e.